The standard InChI is InChI=1S/C22H20N2O4S/c1-14(25)19(22(27)28-13-16-10-6-3-7-11-16)24-20(26)18-21(24)29-17(23-18)12-15-8-4-2-5-9-15/h2-11,18,21,25H,12-13H2,1H3. The maximum absolute atomic E-state index is 12.6. The van der Waals surface area contributed by atoms with Gasteiger partial charge in [-0.2, -0.15) is 0 Å². The Labute approximate surface area is 172 Å². The molecule has 2 unspecified atom stereocenters. The first-order chi connectivity index (χ1) is 14.0. The van der Waals surface area contributed by atoms with Gasteiger partial charge in [0.25, 0.3) is 5.91 Å². The number of ether oxygens (including phenoxy) is 1. The van der Waals surface area contributed by atoms with Crippen LogP contribution < -0.4 is 0 Å². The second-order valence-corrected chi connectivity index (χ2v) is 8.03. The normalized spacial score (nSPS) is 21.1. The molecule has 2 aromatic carbocycles. The van der Waals surface area contributed by atoms with Gasteiger partial charge in [-0.15, -0.1) is 0 Å². The Kier molecular flexibility index (Phi) is 5.40. The Bertz CT molecular complexity index is 984. The maximum Gasteiger partial charge on any atom is 0.358 e. The molecule has 2 aromatic rings. The summed E-state index contributed by atoms with van der Waals surface area (Å²) in [6.07, 6.45) is 0.634. The summed E-state index contributed by atoms with van der Waals surface area (Å²) in [4.78, 5) is 31.1. The highest BCUT2D eigenvalue weighted by atomic mass is 32.2. The van der Waals surface area contributed by atoms with Crippen LogP contribution in [0.2, 0.25) is 0 Å². The first-order valence-corrected chi connectivity index (χ1v) is 10.1. The van der Waals surface area contributed by atoms with E-state index in [4.69, 9.17) is 4.74 Å². The molecule has 148 valence electrons. The summed E-state index contributed by atoms with van der Waals surface area (Å²) in [7, 11) is 0. The van der Waals surface area contributed by atoms with Gasteiger partial charge in [0.1, 0.15) is 17.7 Å². The number of aliphatic imine (C=N–C) groups is 1. The van der Waals surface area contributed by atoms with Gasteiger partial charge in [-0.05, 0) is 18.1 Å². The van der Waals surface area contributed by atoms with E-state index in [1.165, 1.54) is 23.6 Å². The fraction of sp³-hybridized carbons (Fsp3) is 0.227. The SMILES string of the molecule is CC(O)=C(C(=O)OCc1ccccc1)N1C(=O)C2N=C(Cc3ccccc3)SC21. The summed E-state index contributed by atoms with van der Waals surface area (Å²) < 4.78 is 5.33. The third-order valence-corrected chi connectivity index (χ3v) is 5.97. The third-order valence-electron chi connectivity index (χ3n) is 4.74. The molecule has 6 nitrogen and oxygen atoms in total. The van der Waals surface area contributed by atoms with E-state index in [-0.39, 0.29) is 29.3 Å². The lowest BCUT2D eigenvalue weighted by molar-refractivity contribution is -0.151. The van der Waals surface area contributed by atoms with Crippen LogP contribution in [0.15, 0.2) is 77.1 Å². The lowest BCUT2D eigenvalue weighted by Gasteiger charge is -2.41. The molecule has 1 amide bonds. The number of nitrogens with zero attached hydrogens (tertiary/aromatic N) is 2. The minimum Gasteiger partial charge on any atom is -0.510 e. The molecule has 2 atom stereocenters. The number of rotatable bonds is 6. The van der Waals surface area contributed by atoms with Gasteiger partial charge in [0.2, 0.25) is 0 Å². The number of carbonyl (C=O) groups excluding carboxylic acids is 2. The van der Waals surface area contributed by atoms with Crippen molar-refractivity contribution in [2.75, 3.05) is 0 Å². The molecule has 0 aromatic heterocycles. The van der Waals surface area contributed by atoms with Gasteiger partial charge < -0.3 is 9.84 Å². The monoisotopic (exact) mass is 408 g/mol. The van der Waals surface area contributed by atoms with Crippen molar-refractivity contribution in [3.63, 3.8) is 0 Å². The van der Waals surface area contributed by atoms with E-state index in [0.717, 1.165) is 16.2 Å². The van der Waals surface area contributed by atoms with Crippen molar-refractivity contribution >= 4 is 28.7 Å². The number of aliphatic hydroxyl groups is 1. The molecule has 0 aliphatic carbocycles. The van der Waals surface area contributed by atoms with Crippen molar-refractivity contribution in [1.29, 1.82) is 0 Å². The number of thioether (sulfide) groups is 1. The highest BCUT2D eigenvalue weighted by molar-refractivity contribution is 8.14. The molecule has 0 saturated carbocycles. The first-order valence-electron chi connectivity index (χ1n) is 9.26. The van der Waals surface area contributed by atoms with Crippen molar-refractivity contribution in [1.82, 2.24) is 4.90 Å². The van der Waals surface area contributed by atoms with Gasteiger partial charge in [0.15, 0.2) is 11.7 Å². The molecule has 1 saturated heterocycles. The van der Waals surface area contributed by atoms with E-state index in [2.05, 4.69) is 4.99 Å². The molecular formula is C22H20N2O4S. The number of amides is 1. The van der Waals surface area contributed by atoms with E-state index in [9.17, 15) is 14.7 Å². The molecule has 2 aliphatic heterocycles. The van der Waals surface area contributed by atoms with E-state index in [1.54, 1.807) is 0 Å². The minimum atomic E-state index is -0.724. The van der Waals surface area contributed by atoms with Crippen molar-refractivity contribution in [3.05, 3.63) is 83.2 Å². The average Bonchev–Trinajstić information content (AvgIpc) is 3.10. The molecule has 29 heavy (non-hydrogen) atoms. The number of benzene rings is 2. The van der Waals surface area contributed by atoms with Crippen LogP contribution in [0.3, 0.4) is 0 Å². The second-order valence-electron chi connectivity index (χ2n) is 6.84. The zero-order valence-electron chi connectivity index (χ0n) is 15.8. The Morgan fingerprint density at radius 1 is 1.10 bits per heavy atom. The first kappa shape index (κ1) is 19.3. The van der Waals surface area contributed by atoms with Crippen LogP contribution in [0.25, 0.3) is 0 Å². The van der Waals surface area contributed by atoms with Gasteiger partial charge in [0.05, 0.1) is 5.04 Å². The minimum absolute atomic E-state index is 0.0650. The fourth-order valence-electron chi connectivity index (χ4n) is 3.32. The summed E-state index contributed by atoms with van der Waals surface area (Å²) in [5.74, 6) is -1.27. The number of β-lactam (4-membered cyclic amide) rings is 1. The quantitative estimate of drug-likeness (QED) is 0.343. The zero-order valence-corrected chi connectivity index (χ0v) is 16.6. The molecule has 0 bridgehead atoms. The van der Waals surface area contributed by atoms with Crippen LogP contribution in [-0.4, -0.2) is 38.3 Å². The van der Waals surface area contributed by atoms with Gasteiger partial charge in [-0.1, -0.05) is 72.4 Å². The summed E-state index contributed by atoms with van der Waals surface area (Å²) >= 11 is 1.45. The molecule has 0 spiro atoms. The molecular weight excluding hydrogens is 388 g/mol. The van der Waals surface area contributed by atoms with Crippen LogP contribution in [0.4, 0.5) is 0 Å². The van der Waals surface area contributed by atoms with Crippen molar-refractivity contribution in [2.45, 2.75) is 31.4 Å². The Morgan fingerprint density at radius 2 is 1.72 bits per heavy atom. The number of aliphatic hydroxyl groups excluding tert-OH is 1. The fourth-order valence-corrected chi connectivity index (χ4v) is 4.64. The van der Waals surface area contributed by atoms with E-state index >= 15 is 0 Å². The maximum atomic E-state index is 12.6. The number of allylic oxidation sites excluding steroid dienone is 1. The van der Waals surface area contributed by atoms with Crippen LogP contribution in [0, 0.1) is 0 Å². The largest absolute Gasteiger partial charge is 0.510 e. The van der Waals surface area contributed by atoms with Gasteiger partial charge >= 0.3 is 5.97 Å². The van der Waals surface area contributed by atoms with Gasteiger partial charge in [0, 0.05) is 6.42 Å². The number of carbonyl (C=O) groups is 2. The van der Waals surface area contributed by atoms with E-state index < -0.39 is 12.0 Å². The zero-order chi connectivity index (χ0) is 20.4. The van der Waals surface area contributed by atoms with Gasteiger partial charge in [-0.3, -0.25) is 14.7 Å². The second kappa shape index (κ2) is 8.13. The topological polar surface area (TPSA) is 79.2 Å². The van der Waals surface area contributed by atoms with E-state index in [0.29, 0.717) is 6.42 Å². The Balaban J connectivity index is 1.44. The summed E-state index contributed by atoms with van der Waals surface area (Å²) in [5.41, 5.74) is 1.82. The summed E-state index contributed by atoms with van der Waals surface area (Å²) in [5, 5.41) is 10.6. The number of fused-ring (bicyclic) bond motifs is 1. The lowest BCUT2D eigenvalue weighted by Crippen LogP contribution is -2.61. The molecule has 2 aliphatic rings. The summed E-state index contributed by atoms with van der Waals surface area (Å²) in [6.45, 7) is 1.44. The molecule has 2 heterocycles. The molecule has 0 radical (unpaired) electrons. The summed E-state index contributed by atoms with van der Waals surface area (Å²) in [6, 6.07) is 18.6. The van der Waals surface area contributed by atoms with Crippen LogP contribution in [-0.2, 0) is 27.4 Å². The number of hydrogen-bond donors (Lipinski definition) is 1. The predicted octanol–water partition coefficient (Wildman–Crippen LogP) is 3.44. The smallest absolute Gasteiger partial charge is 0.358 e. The van der Waals surface area contributed by atoms with Crippen molar-refractivity contribution in [3.8, 4) is 0 Å². The highest BCUT2D eigenvalue weighted by Crippen LogP contribution is 2.42. The lowest BCUT2D eigenvalue weighted by atomic mass is 10.1. The van der Waals surface area contributed by atoms with E-state index in [1.807, 2.05) is 60.7 Å². The van der Waals surface area contributed by atoms with Crippen LogP contribution >= 0.6 is 11.8 Å². The Morgan fingerprint density at radius 3 is 2.34 bits per heavy atom. The molecule has 1 N–H and O–H groups in total. The van der Waals surface area contributed by atoms with Gasteiger partial charge in [-0.25, -0.2) is 4.79 Å². The number of esters is 1. The molecule has 1 fully saturated rings. The molecule has 4 rings (SSSR count). The third kappa shape index (κ3) is 3.91. The highest BCUT2D eigenvalue weighted by Gasteiger charge is 2.55. The van der Waals surface area contributed by atoms with Crippen molar-refractivity contribution in [2.24, 2.45) is 4.99 Å². The van der Waals surface area contributed by atoms with Crippen LogP contribution in [0.5, 0.6) is 0 Å². The molecule has 7 heteroatoms. The number of likely N-dealkylation sites (tertiary alicyclic amines) is 1. The van der Waals surface area contributed by atoms with Crippen molar-refractivity contribution < 1.29 is 19.4 Å². The number of hydrogen-bond acceptors (Lipinski definition) is 6. The predicted molar refractivity (Wildman–Crippen MR) is 111 cm³/mol. The Hall–Kier alpha value is -3.06. The van der Waals surface area contributed by atoms with Crippen LogP contribution in [0.1, 0.15) is 18.1 Å². The average molecular weight is 408 g/mol.